The molecule has 0 bridgehead atoms. The van der Waals surface area contributed by atoms with Crippen LogP contribution in [-0.4, -0.2) is 23.2 Å². The molecule has 3 aromatic rings. The molecule has 7 nitrogen and oxygen atoms in total. The number of amides is 1. The van der Waals surface area contributed by atoms with Crippen molar-refractivity contribution in [2.75, 3.05) is 12.4 Å². The Morgan fingerprint density at radius 3 is 2.40 bits per heavy atom. The number of methoxy groups -OCH3 is 1. The van der Waals surface area contributed by atoms with Gasteiger partial charge in [-0.25, -0.2) is 17.6 Å². The molecule has 1 aromatic heterocycles. The fourth-order valence-electron chi connectivity index (χ4n) is 2.88. The van der Waals surface area contributed by atoms with Crippen molar-refractivity contribution in [1.82, 2.24) is 10.2 Å². The summed E-state index contributed by atoms with van der Waals surface area (Å²) in [7, 11) is 1.29. The normalized spacial score (nSPS) is 11.2. The van der Waals surface area contributed by atoms with E-state index in [9.17, 15) is 27.6 Å². The molecule has 0 aliphatic heterocycles. The van der Waals surface area contributed by atoms with Gasteiger partial charge >= 0.3 is 0 Å². The van der Waals surface area contributed by atoms with Gasteiger partial charge in [0, 0.05) is 5.56 Å². The van der Waals surface area contributed by atoms with Crippen molar-refractivity contribution in [2.24, 2.45) is 0 Å². The van der Waals surface area contributed by atoms with Crippen LogP contribution in [0.3, 0.4) is 0 Å². The lowest BCUT2D eigenvalue weighted by Gasteiger charge is -2.14. The molecular weight excluding hydrogens is 488 g/mol. The van der Waals surface area contributed by atoms with Crippen molar-refractivity contribution >= 4 is 28.5 Å². The van der Waals surface area contributed by atoms with Crippen molar-refractivity contribution in [3.63, 3.8) is 0 Å². The van der Waals surface area contributed by atoms with E-state index in [0.717, 1.165) is 11.9 Å². The average molecular weight is 506 g/mol. The molecule has 3 rings (SSSR count). The molecule has 0 fully saturated rings. The molecule has 0 radical (unpaired) electrons. The third kappa shape index (κ3) is 5.58. The van der Waals surface area contributed by atoms with Crippen LogP contribution < -0.4 is 14.8 Å². The molecule has 182 valence electrons. The molecule has 0 atom stereocenters. The number of anilines is 1. The number of halogens is 4. The summed E-state index contributed by atoms with van der Waals surface area (Å²) in [6.45, 7) is 1.99. The molecular formula is C23H18F4N4O3S. The Balaban J connectivity index is 1.81. The standard InChI is InChI=1S/C23H18F4N4O3S/c1-4-17-30-31-23(35-17)29-22(32)13(9-28)7-12-5-6-15(16(8-12)33-3)34-10-14-20(26)18(24)11(2)19(25)21(14)27/h5-8H,4,10H2,1-3H3,(H,29,31,32). The second kappa shape index (κ2) is 11.0. The van der Waals surface area contributed by atoms with Gasteiger partial charge in [0.2, 0.25) is 5.13 Å². The lowest BCUT2D eigenvalue weighted by Crippen LogP contribution is -2.13. The fraction of sp³-hybridized carbons (Fsp3) is 0.217. The molecule has 0 aliphatic rings. The number of carbonyl (C=O) groups excluding carboxylic acids is 1. The highest BCUT2D eigenvalue weighted by Crippen LogP contribution is 2.31. The number of nitrogens with zero attached hydrogens (tertiary/aromatic N) is 3. The minimum atomic E-state index is -1.55. The smallest absolute Gasteiger partial charge is 0.268 e. The van der Waals surface area contributed by atoms with Gasteiger partial charge in [-0.3, -0.25) is 10.1 Å². The third-order valence-electron chi connectivity index (χ3n) is 4.80. The maximum Gasteiger partial charge on any atom is 0.268 e. The van der Waals surface area contributed by atoms with Crippen molar-refractivity contribution in [3.8, 4) is 17.6 Å². The number of benzene rings is 2. The zero-order valence-electron chi connectivity index (χ0n) is 18.7. The van der Waals surface area contributed by atoms with E-state index in [0.29, 0.717) is 12.0 Å². The number of ether oxygens (including phenoxy) is 2. The van der Waals surface area contributed by atoms with E-state index in [1.807, 2.05) is 6.92 Å². The quantitative estimate of drug-likeness (QED) is 0.198. The van der Waals surface area contributed by atoms with Crippen molar-refractivity contribution in [3.05, 3.63) is 68.7 Å². The van der Waals surface area contributed by atoms with E-state index in [4.69, 9.17) is 9.47 Å². The molecule has 1 amide bonds. The lowest BCUT2D eigenvalue weighted by atomic mass is 10.1. The van der Waals surface area contributed by atoms with Crippen LogP contribution in [0.25, 0.3) is 6.08 Å². The molecule has 1 heterocycles. The molecule has 0 aliphatic carbocycles. The van der Waals surface area contributed by atoms with E-state index in [1.54, 1.807) is 6.07 Å². The van der Waals surface area contributed by atoms with Gasteiger partial charge < -0.3 is 9.47 Å². The van der Waals surface area contributed by atoms with Crippen LogP contribution in [0.15, 0.2) is 23.8 Å². The summed E-state index contributed by atoms with van der Waals surface area (Å²) in [5, 5.41) is 20.6. The highest BCUT2D eigenvalue weighted by molar-refractivity contribution is 7.15. The molecule has 0 saturated carbocycles. The van der Waals surface area contributed by atoms with Gasteiger partial charge in [0.25, 0.3) is 5.91 Å². The molecule has 0 saturated heterocycles. The zero-order chi connectivity index (χ0) is 25.7. The number of carbonyl (C=O) groups is 1. The van der Waals surface area contributed by atoms with E-state index in [2.05, 4.69) is 15.5 Å². The first kappa shape index (κ1) is 25.6. The van der Waals surface area contributed by atoms with Gasteiger partial charge in [-0.2, -0.15) is 5.26 Å². The Kier molecular flexibility index (Phi) is 8.03. The summed E-state index contributed by atoms with van der Waals surface area (Å²) in [5.41, 5.74) is -1.55. The minimum absolute atomic E-state index is 0.00811. The van der Waals surface area contributed by atoms with Gasteiger partial charge in [0.15, 0.2) is 34.8 Å². The number of aryl methyl sites for hydroxylation is 1. The number of hydrogen-bond donors (Lipinski definition) is 1. The number of aromatic nitrogens is 2. The molecule has 35 heavy (non-hydrogen) atoms. The Labute approximate surface area is 201 Å². The number of nitrogens with one attached hydrogen (secondary N) is 1. The monoisotopic (exact) mass is 506 g/mol. The van der Waals surface area contributed by atoms with E-state index >= 15 is 0 Å². The first-order chi connectivity index (χ1) is 16.7. The third-order valence-corrected chi connectivity index (χ3v) is 5.78. The number of rotatable bonds is 8. The maximum absolute atomic E-state index is 14.1. The Bertz CT molecular complexity index is 1320. The minimum Gasteiger partial charge on any atom is -0.493 e. The SMILES string of the molecule is CCc1nnc(NC(=O)C(C#N)=Cc2ccc(OCc3c(F)c(F)c(C)c(F)c3F)c(OC)c2)s1. The Morgan fingerprint density at radius 2 is 1.83 bits per heavy atom. The summed E-state index contributed by atoms with van der Waals surface area (Å²) < 4.78 is 66.4. The van der Waals surface area contributed by atoms with E-state index < -0.39 is 46.9 Å². The van der Waals surface area contributed by atoms with Gasteiger partial charge in [0.05, 0.1) is 12.7 Å². The predicted molar refractivity (Wildman–Crippen MR) is 120 cm³/mol. The van der Waals surface area contributed by atoms with Crippen molar-refractivity contribution in [1.29, 1.82) is 5.26 Å². The lowest BCUT2D eigenvalue weighted by molar-refractivity contribution is -0.112. The Morgan fingerprint density at radius 1 is 1.14 bits per heavy atom. The fourth-order valence-corrected chi connectivity index (χ4v) is 3.56. The summed E-state index contributed by atoms with van der Waals surface area (Å²) in [5.74, 6) is -6.71. The van der Waals surface area contributed by atoms with Crippen LogP contribution in [0, 0.1) is 41.5 Å². The second-order valence-corrected chi connectivity index (χ2v) is 8.10. The summed E-state index contributed by atoms with van der Waals surface area (Å²) in [6.07, 6.45) is 1.93. The molecule has 0 unspecified atom stereocenters. The molecule has 1 N–H and O–H groups in total. The summed E-state index contributed by atoms with van der Waals surface area (Å²) in [4.78, 5) is 12.4. The van der Waals surface area contributed by atoms with Crippen LogP contribution >= 0.6 is 11.3 Å². The first-order valence-electron chi connectivity index (χ1n) is 10.1. The van der Waals surface area contributed by atoms with Crippen molar-refractivity contribution in [2.45, 2.75) is 26.9 Å². The zero-order valence-corrected chi connectivity index (χ0v) is 19.5. The first-order valence-corrected chi connectivity index (χ1v) is 10.9. The predicted octanol–water partition coefficient (Wildman–Crippen LogP) is 5.10. The molecule has 2 aromatic carbocycles. The summed E-state index contributed by atoms with van der Waals surface area (Å²) >= 11 is 1.18. The van der Waals surface area contributed by atoms with Crippen LogP contribution in [0.1, 0.15) is 28.6 Å². The average Bonchev–Trinajstić information content (AvgIpc) is 3.32. The van der Waals surface area contributed by atoms with E-state index in [1.165, 1.54) is 42.7 Å². The van der Waals surface area contributed by atoms with Crippen molar-refractivity contribution < 1.29 is 31.8 Å². The molecule has 0 spiro atoms. The topological polar surface area (TPSA) is 97.1 Å². The Hall–Kier alpha value is -3.98. The number of hydrogen-bond acceptors (Lipinski definition) is 7. The van der Waals surface area contributed by atoms with Gasteiger partial charge in [-0.15, -0.1) is 10.2 Å². The van der Waals surface area contributed by atoms with Gasteiger partial charge in [-0.05, 0) is 37.1 Å². The highest BCUT2D eigenvalue weighted by atomic mass is 32.1. The van der Waals surface area contributed by atoms with E-state index in [-0.39, 0.29) is 22.2 Å². The number of nitriles is 1. The van der Waals surface area contributed by atoms with Crippen LogP contribution in [-0.2, 0) is 17.8 Å². The second-order valence-electron chi connectivity index (χ2n) is 7.04. The summed E-state index contributed by atoms with van der Waals surface area (Å²) in [6, 6.07) is 6.01. The van der Waals surface area contributed by atoms with Gasteiger partial charge in [-0.1, -0.05) is 24.3 Å². The maximum atomic E-state index is 14.1. The highest BCUT2D eigenvalue weighted by Gasteiger charge is 2.23. The van der Waals surface area contributed by atoms with Crippen LogP contribution in [0.5, 0.6) is 11.5 Å². The molecule has 12 heteroatoms. The van der Waals surface area contributed by atoms with Crippen LogP contribution in [0.4, 0.5) is 22.7 Å². The van der Waals surface area contributed by atoms with Gasteiger partial charge in [0.1, 0.15) is 23.3 Å². The largest absolute Gasteiger partial charge is 0.493 e. The van der Waals surface area contributed by atoms with Crippen LogP contribution in [0.2, 0.25) is 0 Å².